The Labute approximate surface area is 94.2 Å². The number of benzene rings is 1. The van der Waals surface area contributed by atoms with Gasteiger partial charge in [-0.2, -0.15) is 0 Å². The molecule has 0 saturated heterocycles. The molecule has 1 saturated carbocycles. The van der Waals surface area contributed by atoms with Crippen molar-refractivity contribution in [1.82, 2.24) is 5.32 Å². The Kier molecular flexibility index (Phi) is 3.67. The second kappa shape index (κ2) is 5.21. The summed E-state index contributed by atoms with van der Waals surface area (Å²) >= 11 is 0. The number of hydrogen-bond donors (Lipinski definition) is 1. The Balaban J connectivity index is 1.81. The van der Waals surface area contributed by atoms with Crippen LogP contribution < -0.4 is 5.32 Å². The summed E-state index contributed by atoms with van der Waals surface area (Å²) < 4.78 is 26.0. The zero-order valence-electron chi connectivity index (χ0n) is 9.05. The van der Waals surface area contributed by atoms with Gasteiger partial charge in [-0.15, -0.1) is 0 Å². The first-order chi connectivity index (χ1) is 7.75. The molecule has 0 spiro atoms. The highest BCUT2D eigenvalue weighted by Gasteiger charge is 2.19. The van der Waals surface area contributed by atoms with E-state index in [1.165, 1.54) is 18.9 Å². The van der Waals surface area contributed by atoms with E-state index in [-0.39, 0.29) is 5.82 Å². The van der Waals surface area contributed by atoms with E-state index in [9.17, 15) is 8.78 Å². The van der Waals surface area contributed by atoms with Crippen molar-refractivity contribution in [3.63, 3.8) is 0 Å². The van der Waals surface area contributed by atoms with Gasteiger partial charge in [-0.1, -0.05) is 12.2 Å². The number of rotatable bonds is 5. The van der Waals surface area contributed by atoms with Crippen LogP contribution in [0.1, 0.15) is 24.8 Å². The van der Waals surface area contributed by atoms with Gasteiger partial charge in [0.1, 0.15) is 11.6 Å². The average Bonchev–Trinajstić information content (AvgIpc) is 3.06. The van der Waals surface area contributed by atoms with Gasteiger partial charge in [-0.3, -0.25) is 0 Å². The maximum atomic E-state index is 13.2. The molecule has 1 fully saturated rings. The summed E-state index contributed by atoms with van der Waals surface area (Å²) in [7, 11) is 0. The molecular formula is C13H15F2N. The van der Waals surface area contributed by atoms with Crippen LogP contribution in [0.3, 0.4) is 0 Å². The Morgan fingerprint density at radius 1 is 1.31 bits per heavy atom. The first-order valence-electron chi connectivity index (χ1n) is 5.60. The normalized spacial score (nSPS) is 15.9. The van der Waals surface area contributed by atoms with E-state index in [1.807, 2.05) is 6.08 Å². The van der Waals surface area contributed by atoms with Gasteiger partial charge in [0, 0.05) is 11.6 Å². The van der Waals surface area contributed by atoms with Gasteiger partial charge in [0.25, 0.3) is 0 Å². The molecule has 1 aromatic rings. The van der Waals surface area contributed by atoms with Crippen LogP contribution in [0.5, 0.6) is 0 Å². The van der Waals surface area contributed by atoms with Gasteiger partial charge in [-0.25, -0.2) is 8.78 Å². The zero-order chi connectivity index (χ0) is 11.4. The molecule has 0 aromatic heterocycles. The van der Waals surface area contributed by atoms with Gasteiger partial charge in [0.05, 0.1) is 0 Å². The summed E-state index contributed by atoms with van der Waals surface area (Å²) in [4.78, 5) is 0. The third kappa shape index (κ3) is 3.42. The molecule has 1 aromatic carbocycles. The lowest BCUT2D eigenvalue weighted by atomic mass is 10.2. The van der Waals surface area contributed by atoms with Crippen LogP contribution in [-0.4, -0.2) is 12.6 Å². The van der Waals surface area contributed by atoms with Gasteiger partial charge >= 0.3 is 0 Å². The fraction of sp³-hybridized carbons (Fsp3) is 0.385. The molecular weight excluding hydrogens is 208 g/mol. The largest absolute Gasteiger partial charge is 0.314 e. The summed E-state index contributed by atoms with van der Waals surface area (Å²) in [5.74, 6) is -0.787. The van der Waals surface area contributed by atoms with Crippen LogP contribution in [0.25, 0.3) is 6.08 Å². The Bertz CT molecular complexity index is 384. The van der Waals surface area contributed by atoms with E-state index in [0.29, 0.717) is 11.6 Å². The molecule has 3 heteroatoms. The monoisotopic (exact) mass is 223 g/mol. The van der Waals surface area contributed by atoms with Crippen LogP contribution in [0, 0.1) is 11.6 Å². The molecule has 2 rings (SSSR count). The Morgan fingerprint density at radius 3 is 2.88 bits per heavy atom. The van der Waals surface area contributed by atoms with Crippen LogP contribution in [0.15, 0.2) is 24.3 Å². The maximum Gasteiger partial charge on any atom is 0.130 e. The van der Waals surface area contributed by atoms with Crippen molar-refractivity contribution in [2.75, 3.05) is 6.54 Å². The molecule has 0 radical (unpaired) electrons. The molecule has 0 unspecified atom stereocenters. The lowest BCUT2D eigenvalue weighted by Gasteiger charge is -1.99. The predicted molar refractivity (Wildman–Crippen MR) is 61.0 cm³/mol. The van der Waals surface area contributed by atoms with Gasteiger partial charge in [0.2, 0.25) is 0 Å². The molecule has 1 aliphatic rings. The van der Waals surface area contributed by atoms with E-state index >= 15 is 0 Å². The second-order valence-electron chi connectivity index (χ2n) is 4.09. The number of nitrogens with one attached hydrogen (secondary N) is 1. The molecule has 1 N–H and O–H groups in total. The fourth-order valence-electron chi connectivity index (χ4n) is 1.51. The van der Waals surface area contributed by atoms with E-state index in [0.717, 1.165) is 25.1 Å². The smallest absolute Gasteiger partial charge is 0.130 e. The van der Waals surface area contributed by atoms with E-state index in [4.69, 9.17) is 0 Å². The van der Waals surface area contributed by atoms with Crippen LogP contribution in [-0.2, 0) is 0 Å². The minimum absolute atomic E-state index is 0.312. The van der Waals surface area contributed by atoms with Gasteiger partial charge in [-0.05, 0) is 44.0 Å². The Morgan fingerprint density at radius 2 is 2.12 bits per heavy atom. The number of hydrogen-bond acceptors (Lipinski definition) is 1. The average molecular weight is 223 g/mol. The number of halogens is 2. The highest BCUT2D eigenvalue weighted by atomic mass is 19.1. The quantitative estimate of drug-likeness (QED) is 0.756. The minimum Gasteiger partial charge on any atom is -0.314 e. The summed E-state index contributed by atoms with van der Waals surface area (Å²) in [6.07, 6.45) is 6.87. The van der Waals surface area contributed by atoms with E-state index < -0.39 is 5.82 Å². The summed E-state index contributed by atoms with van der Waals surface area (Å²) in [6.45, 7) is 0.901. The van der Waals surface area contributed by atoms with Crippen LogP contribution in [0.4, 0.5) is 8.78 Å². The molecule has 1 nitrogen and oxygen atoms in total. The topological polar surface area (TPSA) is 12.0 Å². The van der Waals surface area contributed by atoms with Crippen molar-refractivity contribution in [2.24, 2.45) is 0 Å². The van der Waals surface area contributed by atoms with Crippen molar-refractivity contribution in [3.05, 3.63) is 41.5 Å². The van der Waals surface area contributed by atoms with Crippen molar-refractivity contribution in [2.45, 2.75) is 25.3 Å². The fourth-order valence-corrected chi connectivity index (χ4v) is 1.51. The SMILES string of the molecule is Fc1ccc(F)c(C=CCCNC2CC2)c1. The molecule has 0 bridgehead atoms. The molecule has 0 amide bonds. The van der Waals surface area contributed by atoms with Crippen molar-refractivity contribution >= 4 is 6.08 Å². The molecule has 0 atom stereocenters. The summed E-state index contributed by atoms with van der Waals surface area (Å²) in [5, 5.41) is 3.35. The van der Waals surface area contributed by atoms with E-state index in [2.05, 4.69) is 5.32 Å². The third-order valence-electron chi connectivity index (χ3n) is 2.58. The highest BCUT2D eigenvalue weighted by Crippen LogP contribution is 2.18. The van der Waals surface area contributed by atoms with Crippen LogP contribution >= 0.6 is 0 Å². The van der Waals surface area contributed by atoms with Crippen molar-refractivity contribution < 1.29 is 8.78 Å². The molecule has 0 aliphatic heterocycles. The van der Waals surface area contributed by atoms with Crippen LogP contribution in [0.2, 0.25) is 0 Å². The Hall–Kier alpha value is -1.22. The molecule has 16 heavy (non-hydrogen) atoms. The lowest BCUT2D eigenvalue weighted by Crippen LogP contribution is -2.16. The van der Waals surface area contributed by atoms with E-state index in [1.54, 1.807) is 6.08 Å². The maximum absolute atomic E-state index is 13.2. The summed E-state index contributed by atoms with van der Waals surface area (Å²) in [5.41, 5.74) is 0.312. The second-order valence-corrected chi connectivity index (χ2v) is 4.09. The van der Waals surface area contributed by atoms with Gasteiger partial charge in [0.15, 0.2) is 0 Å². The lowest BCUT2D eigenvalue weighted by molar-refractivity contribution is 0.598. The molecule has 0 heterocycles. The van der Waals surface area contributed by atoms with Crippen molar-refractivity contribution in [1.29, 1.82) is 0 Å². The third-order valence-corrected chi connectivity index (χ3v) is 2.58. The zero-order valence-corrected chi connectivity index (χ0v) is 9.05. The van der Waals surface area contributed by atoms with Gasteiger partial charge < -0.3 is 5.32 Å². The minimum atomic E-state index is -0.405. The summed E-state index contributed by atoms with van der Waals surface area (Å²) in [6, 6.07) is 4.18. The highest BCUT2D eigenvalue weighted by molar-refractivity contribution is 5.49. The predicted octanol–water partition coefficient (Wildman–Crippen LogP) is 3.12. The molecule has 86 valence electrons. The first-order valence-corrected chi connectivity index (χ1v) is 5.60. The van der Waals surface area contributed by atoms with Crippen molar-refractivity contribution in [3.8, 4) is 0 Å². The standard InChI is InChI=1S/C13H15F2N/c14-11-4-7-13(15)10(9-11)3-1-2-8-16-12-5-6-12/h1,3-4,7,9,12,16H,2,5-6,8H2. The first kappa shape index (κ1) is 11.3. The molecule has 1 aliphatic carbocycles.